The van der Waals surface area contributed by atoms with E-state index in [1.807, 2.05) is 66.7 Å². The van der Waals surface area contributed by atoms with Crippen LogP contribution in [-0.2, 0) is 0 Å². The van der Waals surface area contributed by atoms with Gasteiger partial charge in [0.25, 0.3) is 0 Å². The van der Waals surface area contributed by atoms with Crippen LogP contribution in [0.25, 0.3) is 87.0 Å². The minimum Gasteiger partial charge on any atom is -0.456 e. The highest BCUT2D eigenvalue weighted by atomic mass is 32.1. The molecule has 0 bridgehead atoms. The lowest BCUT2D eigenvalue weighted by Crippen LogP contribution is -2.00. The molecule has 9 aromatic rings. The third-order valence-electron chi connectivity index (χ3n) is 7.59. The van der Waals surface area contributed by atoms with Crippen LogP contribution < -0.4 is 0 Å². The van der Waals surface area contributed by atoms with Gasteiger partial charge in [-0.3, -0.25) is 0 Å². The van der Waals surface area contributed by atoms with Gasteiger partial charge in [0.1, 0.15) is 11.2 Å². The predicted molar refractivity (Wildman–Crippen MR) is 174 cm³/mol. The quantitative estimate of drug-likeness (QED) is 0.216. The van der Waals surface area contributed by atoms with Gasteiger partial charge in [-0.2, -0.15) is 0 Å². The standard InChI is InChI=1S/C37H21N3OS/c1-2-8-22(9-3-1)35-38-36(40-37(39-35)26-14-16-28-27-12-6-7-13-33(27)42-34(28)21-26)25-15-17-31-29(19-25)30-18-23-10-4-5-11-24(23)20-32(30)41-31/h1-21H/i1D,2D,3D,8D,9D. The minimum atomic E-state index is -0.474. The van der Waals surface area contributed by atoms with Gasteiger partial charge in [0.15, 0.2) is 17.5 Å². The average Bonchev–Trinajstić information content (AvgIpc) is 3.65. The lowest BCUT2D eigenvalue weighted by atomic mass is 10.0. The molecule has 0 unspecified atom stereocenters. The van der Waals surface area contributed by atoms with Crippen molar-refractivity contribution in [2.45, 2.75) is 0 Å². The number of hydrogen-bond donors (Lipinski definition) is 0. The first-order chi connectivity index (χ1) is 22.8. The molecule has 5 heteroatoms. The summed E-state index contributed by atoms with van der Waals surface area (Å²) in [5.74, 6) is 0.645. The second-order valence-electron chi connectivity index (χ2n) is 10.1. The van der Waals surface area contributed by atoms with Crippen LogP contribution in [0.1, 0.15) is 6.85 Å². The largest absolute Gasteiger partial charge is 0.456 e. The topological polar surface area (TPSA) is 51.8 Å². The Balaban J connectivity index is 1.29. The van der Waals surface area contributed by atoms with E-state index in [1.54, 1.807) is 11.3 Å². The van der Waals surface area contributed by atoms with Crippen LogP contribution in [0.4, 0.5) is 0 Å². The second kappa shape index (κ2) is 9.06. The van der Waals surface area contributed by atoms with Crippen LogP contribution in [-0.4, -0.2) is 15.0 Å². The Labute approximate surface area is 251 Å². The Morgan fingerprint density at radius 3 is 1.98 bits per heavy atom. The molecule has 9 rings (SSSR count). The fraction of sp³-hybridized carbons (Fsp3) is 0. The van der Waals surface area contributed by atoms with Gasteiger partial charge >= 0.3 is 0 Å². The van der Waals surface area contributed by atoms with E-state index < -0.39 is 18.1 Å². The lowest BCUT2D eigenvalue weighted by molar-refractivity contribution is 0.669. The highest BCUT2D eigenvalue weighted by Gasteiger charge is 2.16. The molecule has 42 heavy (non-hydrogen) atoms. The van der Waals surface area contributed by atoms with Crippen LogP contribution in [0.3, 0.4) is 0 Å². The van der Waals surface area contributed by atoms with E-state index in [-0.39, 0.29) is 23.5 Å². The molecule has 0 spiro atoms. The number of aromatic nitrogens is 3. The van der Waals surface area contributed by atoms with Crippen molar-refractivity contribution in [3.05, 3.63) is 127 Å². The molecule has 3 aromatic heterocycles. The number of benzene rings is 6. The van der Waals surface area contributed by atoms with Gasteiger partial charge in [-0.05, 0) is 53.2 Å². The zero-order valence-electron chi connectivity index (χ0n) is 26.9. The number of rotatable bonds is 3. The smallest absolute Gasteiger partial charge is 0.164 e. The Bertz CT molecular complexity index is 2740. The number of nitrogens with zero attached hydrogens (tertiary/aromatic N) is 3. The summed E-state index contributed by atoms with van der Waals surface area (Å²) in [6.45, 7) is 0. The van der Waals surface area contributed by atoms with Crippen molar-refractivity contribution in [2.24, 2.45) is 0 Å². The van der Waals surface area contributed by atoms with E-state index in [4.69, 9.17) is 26.2 Å². The maximum Gasteiger partial charge on any atom is 0.164 e. The van der Waals surface area contributed by atoms with Crippen molar-refractivity contribution in [1.82, 2.24) is 15.0 Å². The molecule has 0 aliphatic heterocycles. The molecule has 4 nitrogen and oxygen atoms in total. The van der Waals surface area contributed by atoms with E-state index in [2.05, 4.69) is 30.3 Å². The van der Waals surface area contributed by atoms with Crippen molar-refractivity contribution in [1.29, 1.82) is 0 Å². The number of thiophene rings is 1. The summed E-state index contributed by atoms with van der Waals surface area (Å²) in [5, 5.41) is 6.32. The van der Waals surface area contributed by atoms with Crippen LogP contribution in [0.5, 0.6) is 0 Å². The van der Waals surface area contributed by atoms with Gasteiger partial charge in [-0.1, -0.05) is 84.8 Å². The van der Waals surface area contributed by atoms with Crippen LogP contribution in [0.15, 0.2) is 132 Å². The van der Waals surface area contributed by atoms with E-state index in [9.17, 15) is 0 Å². The Kier molecular flexibility index (Phi) is 4.07. The van der Waals surface area contributed by atoms with Gasteiger partial charge in [-0.15, -0.1) is 11.3 Å². The Morgan fingerprint density at radius 2 is 1.14 bits per heavy atom. The van der Waals surface area contributed by atoms with E-state index >= 15 is 0 Å². The molecule has 0 aliphatic rings. The van der Waals surface area contributed by atoms with Crippen molar-refractivity contribution < 1.29 is 11.3 Å². The molecule has 0 radical (unpaired) electrons. The van der Waals surface area contributed by atoms with Crippen LogP contribution in [0.2, 0.25) is 0 Å². The Hall–Kier alpha value is -5.39. The molecule has 0 saturated heterocycles. The summed E-state index contributed by atoms with van der Waals surface area (Å²) in [6.07, 6.45) is 0. The molecule has 0 N–H and O–H groups in total. The van der Waals surface area contributed by atoms with Gasteiger partial charge in [0.05, 0.1) is 6.85 Å². The molecule has 196 valence electrons. The number of fused-ring (bicyclic) bond motifs is 7. The molecule has 0 aliphatic carbocycles. The SMILES string of the molecule is [2H]c1c([2H])c([2H])c(-c2nc(-c3ccc4c(c3)sc3ccccc34)nc(-c3ccc4oc5cc6ccccc6cc5c4c3)n2)c([2H])c1[2H]. The minimum absolute atomic E-state index is 0.00146. The molecular weight excluding hydrogens is 534 g/mol. The summed E-state index contributed by atoms with van der Waals surface area (Å²) in [7, 11) is 0. The van der Waals surface area contributed by atoms with Gasteiger partial charge in [-0.25, -0.2) is 15.0 Å². The average molecular weight is 561 g/mol. The fourth-order valence-electron chi connectivity index (χ4n) is 5.57. The van der Waals surface area contributed by atoms with Gasteiger partial charge in [0, 0.05) is 47.6 Å². The molecule has 0 atom stereocenters. The van der Waals surface area contributed by atoms with Crippen molar-refractivity contribution in [2.75, 3.05) is 0 Å². The highest BCUT2D eigenvalue weighted by Crippen LogP contribution is 2.37. The van der Waals surface area contributed by atoms with E-state index in [0.717, 1.165) is 48.4 Å². The molecule has 0 fully saturated rings. The zero-order valence-corrected chi connectivity index (χ0v) is 22.7. The molecule has 0 amide bonds. The summed E-state index contributed by atoms with van der Waals surface area (Å²) in [6, 6.07) is 30.1. The first-order valence-corrected chi connectivity index (χ1v) is 14.3. The number of hydrogen-bond acceptors (Lipinski definition) is 5. The van der Waals surface area contributed by atoms with Crippen LogP contribution in [0, 0.1) is 0 Å². The summed E-state index contributed by atoms with van der Waals surface area (Å²) in [4.78, 5) is 14.4. The first-order valence-electron chi connectivity index (χ1n) is 15.9. The van der Waals surface area contributed by atoms with E-state index in [0.29, 0.717) is 17.2 Å². The molecule has 3 heterocycles. The first kappa shape index (κ1) is 18.9. The van der Waals surface area contributed by atoms with Crippen molar-refractivity contribution >= 4 is 64.2 Å². The van der Waals surface area contributed by atoms with Crippen LogP contribution >= 0.6 is 11.3 Å². The van der Waals surface area contributed by atoms with Gasteiger partial charge < -0.3 is 4.42 Å². The van der Waals surface area contributed by atoms with Crippen molar-refractivity contribution in [3.8, 4) is 34.2 Å². The fourth-order valence-corrected chi connectivity index (χ4v) is 6.72. The second-order valence-corrected chi connectivity index (χ2v) is 11.2. The predicted octanol–water partition coefficient (Wildman–Crippen LogP) is 10.3. The zero-order chi connectivity index (χ0) is 32.0. The monoisotopic (exact) mass is 560 g/mol. The third kappa shape index (κ3) is 3.71. The summed E-state index contributed by atoms with van der Waals surface area (Å²) in [5.41, 5.74) is 2.80. The van der Waals surface area contributed by atoms with Crippen molar-refractivity contribution in [3.63, 3.8) is 0 Å². The molecule has 6 aromatic carbocycles. The lowest BCUT2D eigenvalue weighted by Gasteiger charge is -2.09. The molecular formula is C37H21N3OS. The Morgan fingerprint density at radius 1 is 0.500 bits per heavy atom. The van der Waals surface area contributed by atoms with Gasteiger partial charge in [0.2, 0.25) is 0 Å². The third-order valence-corrected chi connectivity index (χ3v) is 8.73. The molecule has 0 saturated carbocycles. The van der Waals surface area contributed by atoms with E-state index in [1.165, 1.54) is 10.1 Å². The normalized spacial score (nSPS) is 13.5. The maximum atomic E-state index is 8.65. The maximum absolute atomic E-state index is 8.65. The number of furan rings is 1. The summed E-state index contributed by atoms with van der Waals surface area (Å²) < 4.78 is 50.4. The highest BCUT2D eigenvalue weighted by molar-refractivity contribution is 7.25. The summed E-state index contributed by atoms with van der Waals surface area (Å²) >= 11 is 1.67.